The molecule has 1 aliphatic carbocycles. The minimum absolute atomic E-state index is 0.146. The molecule has 340 valence electrons. The largest absolute Gasteiger partial charge is 0.265 e. The van der Waals surface area contributed by atoms with Crippen molar-refractivity contribution in [2.45, 2.75) is 61.7 Å². The van der Waals surface area contributed by atoms with Gasteiger partial charge in [0.25, 0.3) is 0 Å². The molecule has 10 heteroatoms. The minimum Gasteiger partial charge on any atom is -0.265 e. The lowest BCUT2D eigenvalue weighted by Crippen LogP contribution is -2.20. The van der Waals surface area contributed by atoms with E-state index in [1.165, 1.54) is 27.8 Å². The molecule has 0 N–H and O–H groups in total. The minimum atomic E-state index is 0.146. The zero-order valence-electron chi connectivity index (χ0n) is 38.6. The fourth-order valence-corrected chi connectivity index (χ4v) is 10.3. The van der Waals surface area contributed by atoms with E-state index in [0.29, 0.717) is 0 Å². The Hall–Kier alpha value is -8.50. The first-order valence-corrected chi connectivity index (χ1v) is 24.0. The molecular weight excluding hydrogens is 861 g/mol. The molecule has 0 atom stereocenters. The molecule has 1 aliphatic rings. The highest BCUT2D eigenvalue weighted by Gasteiger charge is 2.33. The van der Waals surface area contributed by atoms with Gasteiger partial charge in [-0.1, -0.05) is 30.3 Å². The summed E-state index contributed by atoms with van der Waals surface area (Å²) in [6, 6.07) is 42.4. The summed E-state index contributed by atoms with van der Waals surface area (Å²) in [6.45, 7) is 0. The molecule has 0 saturated heterocycles. The molecule has 10 aromatic rings. The standard InChI is InChI=1S/C60H50N10/c1-6-56(41-11-21-61-22-12-41)66-36-46(1)51-31-52(47-2-7-57(67-37-47)42-13-23-62-24-14-42)33-54(49-4-9-59(69-39-49)44-17-27-64-28-18-44)35-55(50-5-10-60(70-40-50)45-19-29-65-30-20-45)34-53(32-51)48-3-8-58(68-38-48)43-15-25-63-26-16-43/h1-30,36-40,51-55H,31-35H2. The molecule has 10 aromatic heterocycles. The van der Waals surface area contributed by atoms with Gasteiger partial charge in [0.15, 0.2) is 0 Å². The Balaban J connectivity index is 1.05. The zero-order valence-corrected chi connectivity index (χ0v) is 38.6. The number of rotatable bonds is 10. The maximum Gasteiger partial charge on any atom is 0.0703 e. The second-order valence-electron chi connectivity index (χ2n) is 18.2. The van der Waals surface area contributed by atoms with Crippen molar-refractivity contribution >= 4 is 0 Å². The molecule has 1 fully saturated rings. The fourth-order valence-electron chi connectivity index (χ4n) is 10.3. The average molecular weight is 911 g/mol. The third-order valence-electron chi connectivity index (χ3n) is 14.0. The molecule has 1 saturated carbocycles. The van der Waals surface area contributed by atoms with Gasteiger partial charge in [-0.05, 0) is 181 Å². The van der Waals surface area contributed by atoms with Gasteiger partial charge in [-0.25, -0.2) is 0 Å². The topological polar surface area (TPSA) is 129 Å². The van der Waals surface area contributed by atoms with Gasteiger partial charge in [0.2, 0.25) is 0 Å². The molecule has 0 unspecified atom stereocenters. The highest BCUT2D eigenvalue weighted by Crippen LogP contribution is 2.49. The van der Waals surface area contributed by atoms with Gasteiger partial charge in [0.05, 0.1) is 28.5 Å². The smallest absolute Gasteiger partial charge is 0.0703 e. The zero-order chi connectivity index (χ0) is 46.9. The van der Waals surface area contributed by atoms with Crippen molar-refractivity contribution in [3.63, 3.8) is 0 Å². The van der Waals surface area contributed by atoms with Crippen LogP contribution in [0.3, 0.4) is 0 Å². The van der Waals surface area contributed by atoms with E-state index in [-0.39, 0.29) is 29.6 Å². The number of aromatic nitrogens is 10. The monoisotopic (exact) mass is 910 g/mol. The van der Waals surface area contributed by atoms with Crippen molar-refractivity contribution in [2.75, 3.05) is 0 Å². The van der Waals surface area contributed by atoms with Crippen LogP contribution in [-0.2, 0) is 0 Å². The summed E-state index contributed by atoms with van der Waals surface area (Å²) in [7, 11) is 0. The van der Waals surface area contributed by atoms with Crippen LogP contribution < -0.4 is 0 Å². The molecule has 11 rings (SSSR count). The lowest BCUT2D eigenvalue weighted by Gasteiger charge is -2.35. The van der Waals surface area contributed by atoms with E-state index >= 15 is 0 Å². The van der Waals surface area contributed by atoms with Crippen LogP contribution in [0.2, 0.25) is 0 Å². The third-order valence-corrected chi connectivity index (χ3v) is 14.0. The number of hydrogen-bond acceptors (Lipinski definition) is 10. The summed E-state index contributed by atoms with van der Waals surface area (Å²) < 4.78 is 0. The molecule has 0 aromatic carbocycles. The SMILES string of the molecule is c1cc(-c2ccc(C3CC(c4ccc(-c5ccncc5)nc4)CC(c4ccc(-c5ccncc5)nc4)CC(c4ccc(-c5ccncc5)nc4)CC(c4ccc(-c5ccncc5)nc4)C3)cn2)ccn1. The first-order valence-electron chi connectivity index (χ1n) is 24.0. The van der Waals surface area contributed by atoms with Crippen molar-refractivity contribution in [1.29, 1.82) is 0 Å². The van der Waals surface area contributed by atoms with Gasteiger partial charge in [0, 0.05) is 121 Å². The van der Waals surface area contributed by atoms with Crippen molar-refractivity contribution in [3.8, 4) is 56.3 Å². The normalized spacial score (nSPS) is 18.4. The molecule has 0 spiro atoms. The highest BCUT2D eigenvalue weighted by atomic mass is 14.7. The lowest BCUT2D eigenvalue weighted by molar-refractivity contribution is 0.350. The Morgan fingerprint density at radius 1 is 0.214 bits per heavy atom. The molecule has 10 heterocycles. The Morgan fingerprint density at radius 2 is 0.386 bits per heavy atom. The molecule has 0 amide bonds. The second-order valence-corrected chi connectivity index (χ2v) is 18.2. The summed E-state index contributed by atoms with van der Waals surface area (Å²) >= 11 is 0. The van der Waals surface area contributed by atoms with Crippen molar-refractivity contribution in [2.24, 2.45) is 0 Å². The Morgan fingerprint density at radius 3 is 0.529 bits per heavy atom. The van der Waals surface area contributed by atoms with Crippen LogP contribution in [0, 0.1) is 0 Å². The van der Waals surface area contributed by atoms with E-state index < -0.39 is 0 Å². The Kier molecular flexibility index (Phi) is 13.1. The molecular formula is C60H50N10. The Labute approximate surface area is 408 Å². The average Bonchev–Trinajstić information content (AvgIpc) is 3.45. The van der Waals surface area contributed by atoms with Crippen molar-refractivity contribution in [3.05, 3.63) is 242 Å². The first kappa shape index (κ1) is 44.0. The molecule has 0 radical (unpaired) electrons. The van der Waals surface area contributed by atoms with Crippen molar-refractivity contribution < 1.29 is 0 Å². The predicted molar refractivity (Wildman–Crippen MR) is 274 cm³/mol. The van der Waals surface area contributed by atoms with Crippen LogP contribution in [0.25, 0.3) is 56.3 Å². The van der Waals surface area contributed by atoms with E-state index in [4.69, 9.17) is 24.9 Å². The van der Waals surface area contributed by atoms with Crippen LogP contribution in [0.15, 0.2) is 214 Å². The third kappa shape index (κ3) is 10.2. The van der Waals surface area contributed by atoms with Crippen LogP contribution in [-0.4, -0.2) is 49.8 Å². The maximum atomic E-state index is 5.11. The van der Waals surface area contributed by atoms with Crippen LogP contribution in [0.5, 0.6) is 0 Å². The van der Waals surface area contributed by atoms with Crippen LogP contribution >= 0.6 is 0 Å². The first-order chi connectivity index (χ1) is 34.7. The van der Waals surface area contributed by atoms with Gasteiger partial charge in [0.1, 0.15) is 0 Å². The number of hydrogen-bond donors (Lipinski definition) is 0. The van der Waals surface area contributed by atoms with Gasteiger partial charge in [-0.15, -0.1) is 0 Å². The summed E-state index contributed by atoms with van der Waals surface area (Å²) in [5.74, 6) is 0.729. The summed E-state index contributed by atoms with van der Waals surface area (Å²) in [4.78, 5) is 46.8. The van der Waals surface area contributed by atoms with Gasteiger partial charge in [-0.2, -0.15) is 0 Å². The van der Waals surface area contributed by atoms with Crippen LogP contribution in [0.1, 0.15) is 89.5 Å². The van der Waals surface area contributed by atoms with Gasteiger partial charge < -0.3 is 0 Å². The molecule has 70 heavy (non-hydrogen) atoms. The molecule has 0 aliphatic heterocycles. The van der Waals surface area contributed by atoms with Crippen molar-refractivity contribution in [1.82, 2.24) is 49.8 Å². The van der Waals surface area contributed by atoms with E-state index in [1.807, 2.05) is 123 Å². The summed E-state index contributed by atoms with van der Waals surface area (Å²) in [5, 5.41) is 0. The number of pyridine rings is 10. The van der Waals surface area contributed by atoms with Gasteiger partial charge in [-0.3, -0.25) is 49.8 Å². The van der Waals surface area contributed by atoms with E-state index in [2.05, 4.69) is 117 Å². The second kappa shape index (κ2) is 20.8. The lowest BCUT2D eigenvalue weighted by atomic mass is 9.69. The van der Waals surface area contributed by atoms with E-state index in [0.717, 1.165) is 88.4 Å². The Bertz CT molecular complexity index is 2670. The maximum absolute atomic E-state index is 5.11. The number of nitrogens with zero attached hydrogens (tertiary/aromatic N) is 10. The van der Waals surface area contributed by atoms with E-state index in [9.17, 15) is 0 Å². The highest BCUT2D eigenvalue weighted by molar-refractivity contribution is 5.61. The van der Waals surface area contributed by atoms with E-state index in [1.54, 1.807) is 0 Å². The quantitative estimate of drug-likeness (QED) is 0.131. The summed E-state index contributed by atoms with van der Waals surface area (Å²) in [6.07, 6.45) is 33.2. The fraction of sp³-hybridized carbons (Fsp3) is 0.167. The van der Waals surface area contributed by atoms with Crippen LogP contribution in [0.4, 0.5) is 0 Å². The predicted octanol–water partition coefficient (Wildman–Crippen LogP) is 13.2. The summed E-state index contributed by atoms with van der Waals surface area (Å²) in [5.41, 5.74) is 15.9. The molecule has 0 bridgehead atoms. The molecule has 10 nitrogen and oxygen atoms in total. The van der Waals surface area contributed by atoms with Gasteiger partial charge >= 0.3 is 0 Å².